The van der Waals surface area contributed by atoms with Gasteiger partial charge in [-0.1, -0.05) is 13.8 Å². The average molecular weight is 414 g/mol. The largest absolute Gasteiger partial charge is 0.497 e. The Labute approximate surface area is 178 Å². The van der Waals surface area contributed by atoms with Gasteiger partial charge in [0.1, 0.15) is 11.5 Å². The minimum absolute atomic E-state index is 0.0333. The van der Waals surface area contributed by atoms with Gasteiger partial charge in [-0.3, -0.25) is 4.79 Å². The summed E-state index contributed by atoms with van der Waals surface area (Å²) >= 11 is 0. The Kier molecular flexibility index (Phi) is 5.97. The Morgan fingerprint density at radius 2 is 1.87 bits per heavy atom. The molecule has 1 aliphatic carbocycles. The third-order valence-corrected chi connectivity index (χ3v) is 5.55. The molecule has 0 amide bonds. The van der Waals surface area contributed by atoms with Crippen LogP contribution in [0, 0.1) is 5.41 Å². The molecule has 0 radical (unpaired) electrons. The highest BCUT2D eigenvalue weighted by Gasteiger charge is 2.44. The number of nitrogens with one attached hydrogen (secondary N) is 1. The number of methoxy groups -OCH3 is 2. The zero-order valence-corrected chi connectivity index (χ0v) is 18.8. The highest BCUT2D eigenvalue weighted by Crippen LogP contribution is 2.49. The molecule has 0 bridgehead atoms. The van der Waals surface area contributed by atoms with E-state index >= 15 is 0 Å². The van der Waals surface area contributed by atoms with Gasteiger partial charge in [-0.05, 0) is 50.8 Å². The van der Waals surface area contributed by atoms with Crippen LogP contribution in [-0.2, 0) is 14.3 Å². The number of carbonyl (C=O) groups is 2. The molecule has 0 saturated heterocycles. The monoisotopic (exact) mass is 413 g/mol. The number of Topliss-reactive ketones (excluding diaryl/α,β-unsaturated/α-hetero) is 1. The standard InChI is InChI=1S/C24H31NO5/c1-13(2)30-23(27)20-14(3)25-17-11-24(4,5)12-18(26)22(17)21(20)16-10-15(28-6)8-9-19(16)29-7/h8-10,13,21,25H,11-12H2,1-7H3/t21-/m1/s1. The second-order valence-corrected chi connectivity index (χ2v) is 8.99. The molecule has 1 heterocycles. The summed E-state index contributed by atoms with van der Waals surface area (Å²) in [6.45, 7) is 9.64. The van der Waals surface area contributed by atoms with Crippen molar-refractivity contribution >= 4 is 11.8 Å². The van der Waals surface area contributed by atoms with E-state index in [1.165, 1.54) is 0 Å². The molecule has 1 aliphatic heterocycles. The van der Waals surface area contributed by atoms with Crippen molar-refractivity contribution in [3.8, 4) is 11.5 Å². The van der Waals surface area contributed by atoms with Gasteiger partial charge in [-0.25, -0.2) is 4.79 Å². The second-order valence-electron chi connectivity index (χ2n) is 8.99. The lowest BCUT2D eigenvalue weighted by Crippen LogP contribution is -2.39. The van der Waals surface area contributed by atoms with Gasteiger partial charge in [-0.15, -0.1) is 0 Å². The summed E-state index contributed by atoms with van der Waals surface area (Å²) in [5, 5.41) is 3.34. The predicted octanol–water partition coefficient (Wildman–Crippen LogP) is 4.26. The van der Waals surface area contributed by atoms with Crippen molar-refractivity contribution in [2.45, 2.75) is 59.5 Å². The normalized spacial score (nSPS) is 20.7. The first-order valence-corrected chi connectivity index (χ1v) is 10.2. The lowest BCUT2D eigenvalue weighted by atomic mass is 9.68. The molecule has 3 rings (SSSR count). The molecule has 0 fully saturated rings. The van der Waals surface area contributed by atoms with Gasteiger partial charge in [0.15, 0.2) is 5.78 Å². The maximum Gasteiger partial charge on any atom is 0.337 e. The molecule has 6 heteroatoms. The first-order valence-electron chi connectivity index (χ1n) is 10.2. The van der Waals surface area contributed by atoms with Crippen LogP contribution >= 0.6 is 0 Å². The highest BCUT2D eigenvalue weighted by atomic mass is 16.5. The average Bonchev–Trinajstić information content (AvgIpc) is 2.64. The van der Waals surface area contributed by atoms with Crippen molar-refractivity contribution in [1.82, 2.24) is 5.32 Å². The molecule has 1 aromatic rings. The summed E-state index contributed by atoms with van der Waals surface area (Å²) in [6, 6.07) is 5.43. The number of esters is 1. The first-order chi connectivity index (χ1) is 14.1. The number of ether oxygens (including phenoxy) is 3. The number of rotatable bonds is 5. The number of dihydropyridines is 1. The maximum absolute atomic E-state index is 13.3. The van der Waals surface area contributed by atoms with Crippen molar-refractivity contribution in [2.75, 3.05) is 14.2 Å². The zero-order valence-electron chi connectivity index (χ0n) is 18.8. The Morgan fingerprint density at radius 3 is 2.47 bits per heavy atom. The predicted molar refractivity (Wildman–Crippen MR) is 114 cm³/mol. The van der Waals surface area contributed by atoms with Crippen molar-refractivity contribution < 1.29 is 23.8 Å². The minimum atomic E-state index is -0.582. The van der Waals surface area contributed by atoms with E-state index in [0.717, 1.165) is 12.1 Å². The molecule has 0 aromatic heterocycles. The molecule has 1 N–H and O–H groups in total. The molecule has 0 unspecified atom stereocenters. The number of ketones is 1. The summed E-state index contributed by atoms with van der Waals surface area (Å²) in [7, 11) is 3.16. The molecular weight excluding hydrogens is 382 g/mol. The summed E-state index contributed by atoms with van der Waals surface area (Å²) in [5.41, 5.74) is 3.17. The van der Waals surface area contributed by atoms with Gasteiger partial charge in [-0.2, -0.15) is 0 Å². The Balaban J connectivity index is 2.26. The third-order valence-electron chi connectivity index (χ3n) is 5.55. The van der Waals surface area contributed by atoms with E-state index in [9.17, 15) is 9.59 Å². The molecule has 1 atom stereocenters. The number of hydrogen-bond donors (Lipinski definition) is 1. The van der Waals surface area contributed by atoms with E-state index in [0.29, 0.717) is 40.3 Å². The minimum Gasteiger partial charge on any atom is -0.497 e. The maximum atomic E-state index is 13.3. The van der Waals surface area contributed by atoms with E-state index in [1.807, 2.05) is 26.8 Å². The summed E-state index contributed by atoms with van der Waals surface area (Å²) in [5.74, 6) is 0.236. The van der Waals surface area contributed by atoms with Crippen molar-refractivity contribution in [3.05, 3.63) is 46.3 Å². The van der Waals surface area contributed by atoms with Gasteiger partial charge in [0.25, 0.3) is 0 Å². The molecule has 1 aromatic carbocycles. The Bertz CT molecular complexity index is 939. The molecule has 6 nitrogen and oxygen atoms in total. The van der Waals surface area contributed by atoms with Gasteiger partial charge >= 0.3 is 5.97 Å². The fourth-order valence-corrected chi connectivity index (χ4v) is 4.36. The lowest BCUT2D eigenvalue weighted by Gasteiger charge is -2.39. The summed E-state index contributed by atoms with van der Waals surface area (Å²) < 4.78 is 16.6. The Morgan fingerprint density at radius 1 is 1.17 bits per heavy atom. The van der Waals surface area contributed by atoms with Crippen LogP contribution in [0.2, 0.25) is 0 Å². The fraction of sp³-hybridized carbons (Fsp3) is 0.500. The zero-order chi connectivity index (χ0) is 22.2. The topological polar surface area (TPSA) is 73.9 Å². The third kappa shape index (κ3) is 4.09. The van der Waals surface area contributed by atoms with E-state index in [4.69, 9.17) is 14.2 Å². The molecule has 0 saturated carbocycles. The van der Waals surface area contributed by atoms with Crippen molar-refractivity contribution in [2.24, 2.45) is 5.41 Å². The van der Waals surface area contributed by atoms with Gasteiger partial charge in [0.2, 0.25) is 0 Å². The molecule has 2 aliphatic rings. The second kappa shape index (κ2) is 8.17. The van der Waals surface area contributed by atoms with Gasteiger partial charge in [0, 0.05) is 29.0 Å². The number of benzene rings is 1. The van der Waals surface area contributed by atoms with Crippen LogP contribution in [0.4, 0.5) is 0 Å². The van der Waals surface area contributed by atoms with E-state index in [2.05, 4.69) is 19.2 Å². The van der Waals surface area contributed by atoms with Crippen molar-refractivity contribution in [3.63, 3.8) is 0 Å². The Hall–Kier alpha value is -2.76. The number of allylic oxidation sites excluding steroid dienone is 3. The highest BCUT2D eigenvalue weighted by molar-refractivity contribution is 6.04. The van der Waals surface area contributed by atoms with Crippen LogP contribution in [0.15, 0.2) is 40.7 Å². The van der Waals surface area contributed by atoms with E-state index < -0.39 is 11.9 Å². The number of carbonyl (C=O) groups excluding carboxylic acids is 2. The van der Waals surface area contributed by atoms with Gasteiger partial charge in [0.05, 0.1) is 31.8 Å². The summed E-state index contributed by atoms with van der Waals surface area (Å²) in [6.07, 6.45) is 0.866. The van der Waals surface area contributed by atoms with Crippen LogP contribution < -0.4 is 14.8 Å². The smallest absolute Gasteiger partial charge is 0.337 e. The first kappa shape index (κ1) is 21.9. The van der Waals surface area contributed by atoms with Gasteiger partial charge < -0.3 is 19.5 Å². The van der Waals surface area contributed by atoms with Crippen LogP contribution in [-0.4, -0.2) is 32.1 Å². The quantitative estimate of drug-likeness (QED) is 0.727. The van der Waals surface area contributed by atoms with Crippen LogP contribution in [0.1, 0.15) is 58.9 Å². The number of hydrogen-bond acceptors (Lipinski definition) is 6. The van der Waals surface area contributed by atoms with E-state index in [1.54, 1.807) is 26.4 Å². The molecule has 162 valence electrons. The molecular formula is C24H31NO5. The van der Waals surface area contributed by atoms with E-state index in [-0.39, 0.29) is 17.3 Å². The van der Waals surface area contributed by atoms with Crippen LogP contribution in [0.3, 0.4) is 0 Å². The van der Waals surface area contributed by atoms with Crippen LogP contribution in [0.25, 0.3) is 0 Å². The summed E-state index contributed by atoms with van der Waals surface area (Å²) in [4.78, 5) is 26.5. The molecule has 30 heavy (non-hydrogen) atoms. The SMILES string of the molecule is COc1ccc(OC)c([C@@H]2C(C(=O)OC(C)C)=C(C)NC3=C2C(=O)CC(C)(C)C3)c1. The van der Waals surface area contributed by atoms with Crippen LogP contribution in [0.5, 0.6) is 11.5 Å². The fourth-order valence-electron chi connectivity index (χ4n) is 4.36. The van der Waals surface area contributed by atoms with Crippen molar-refractivity contribution in [1.29, 1.82) is 0 Å². The molecule has 0 spiro atoms. The lowest BCUT2D eigenvalue weighted by molar-refractivity contribution is -0.143.